The molecule has 0 radical (unpaired) electrons. The zero-order chi connectivity index (χ0) is 21.9. The minimum absolute atomic E-state index is 0.0214. The van der Waals surface area contributed by atoms with Gasteiger partial charge in [0.05, 0.1) is 16.9 Å². The third kappa shape index (κ3) is 4.60. The molecule has 1 N–H and O–H groups in total. The second-order valence-electron chi connectivity index (χ2n) is 7.10. The van der Waals surface area contributed by atoms with Crippen LogP contribution in [-0.2, 0) is 20.0 Å². The second kappa shape index (κ2) is 8.91. The lowest BCUT2D eigenvalue weighted by atomic mass is 10.0. The highest BCUT2D eigenvalue weighted by Gasteiger charge is 2.32. The number of hydrogen-bond acceptors (Lipinski definition) is 5. The van der Waals surface area contributed by atoms with E-state index in [2.05, 4.69) is 4.72 Å². The van der Waals surface area contributed by atoms with E-state index in [1.165, 1.54) is 47.8 Å². The van der Waals surface area contributed by atoms with Crippen molar-refractivity contribution in [1.82, 2.24) is 4.31 Å². The van der Waals surface area contributed by atoms with Gasteiger partial charge < -0.3 is 4.74 Å². The van der Waals surface area contributed by atoms with Gasteiger partial charge in [-0.3, -0.25) is 4.72 Å². The van der Waals surface area contributed by atoms with E-state index in [0.717, 1.165) is 31.7 Å². The molecule has 2 aromatic rings. The van der Waals surface area contributed by atoms with Crippen molar-refractivity contribution in [1.29, 1.82) is 0 Å². The highest BCUT2D eigenvalue weighted by molar-refractivity contribution is 7.92. The van der Waals surface area contributed by atoms with Gasteiger partial charge in [0.2, 0.25) is 10.0 Å². The van der Waals surface area contributed by atoms with Crippen molar-refractivity contribution in [2.45, 2.75) is 48.4 Å². The first-order valence-electron chi connectivity index (χ1n) is 9.67. The Bertz CT molecular complexity index is 1100. The van der Waals surface area contributed by atoms with Gasteiger partial charge in [0, 0.05) is 18.3 Å². The van der Waals surface area contributed by atoms with E-state index in [1.807, 2.05) is 6.92 Å². The summed E-state index contributed by atoms with van der Waals surface area (Å²) in [6.45, 7) is 2.46. The lowest BCUT2D eigenvalue weighted by Gasteiger charge is -2.34. The molecule has 30 heavy (non-hydrogen) atoms. The smallest absolute Gasteiger partial charge is 0.262 e. The molecule has 0 amide bonds. The lowest BCUT2D eigenvalue weighted by molar-refractivity contribution is 0.246. The number of hydrogen-bond donors (Lipinski definition) is 1. The summed E-state index contributed by atoms with van der Waals surface area (Å²) in [5.41, 5.74) is 0.177. The standard InChI is InChI=1S/C20H25FN2O5S2/c1-3-16-6-4-5-13-23(16)30(26,27)17-9-7-15(8-10-17)22-29(24,25)18-11-12-20(28-2)19(21)14-18/h7-12,14,16,22H,3-6,13H2,1-2H3. The largest absolute Gasteiger partial charge is 0.494 e. The minimum Gasteiger partial charge on any atom is -0.494 e. The zero-order valence-corrected chi connectivity index (χ0v) is 18.5. The van der Waals surface area contributed by atoms with Crippen LogP contribution in [0.1, 0.15) is 32.6 Å². The molecule has 2 aromatic carbocycles. The molecule has 1 saturated heterocycles. The summed E-state index contributed by atoms with van der Waals surface area (Å²) in [4.78, 5) is -0.155. The Balaban J connectivity index is 1.81. The summed E-state index contributed by atoms with van der Waals surface area (Å²) >= 11 is 0. The van der Waals surface area contributed by atoms with E-state index in [9.17, 15) is 21.2 Å². The Morgan fingerprint density at radius 2 is 1.73 bits per heavy atom. The Labute approximate surface area is 177 Å². The maximum atomic E-state index is 13.9. The van der Waals surface area contributed by atoms with Crippen molar-refractivity contribution in [2.24, 2.45) is 0 Å². The van der Waals surface area contributed by atoms with Crippen molar-refractivity contribution >= 4 is 25.7 Å². The van der Waals surface area contributed by atoms with Gasteiger partial charge in [-0.1, -0.05) is 13.3 Å². The van der Waals surface area contributed by atoms with Gasteiger partial charge in [0.15, 0.2) is 11.6 Å². The summed E-state index contributed by atoms with van der Waals surface area (Å²) in [6.07, 6.45) is 3.42. The first-order chi connectivity index (χ1) is 14.2. The monoisotopic (exact) mass is 456 g/mol. The summed E-state index contributed by atoms with van der Waals surface area (Å²) in [5, 5.41) is 0. The average molecular weight is 457 g/mol. The fourth-order valence-electron chi connectivity index (χ4n) is 3.56. The molecule has 3 rings (SSSR count). The van der Waals surface area contributed by atoms with Crippen LogP contribution < -0.4 is 9.46 Å². The van der Waals surface area contributed by atoms with Gasteiger partial charge in [-0.15, -0.1) is 0 Å². The van der Waals surface area contributed by atoms with Crippen LogP contribution in [0.4, 0.5) is 10.1 Å². The number of ether oxygens (including phenoxy) is 1. The van der Waals surface area contributed by atoms with Crippen molar-refractivity contribution in [3.8, 4) is 5.75 Å². The molecule has 0 aliphatic carbocycles. The minimum atomic E-state index is -4.05. The highest BCUT2D eigenvalue weighted by atomic mass is 32.2. The van der Waals surface area contributed by atoms with E-state index in [1.54, 1.807) is 0 Å². The third-order valence-electron chi connectivity index (χ3n) is 5.19. The van der Waals surface area contributed by atoms with Crippen LogP contribution in [0.3, 0.4) is 0 Å². The Kier molecular flexibility index (Phi) is 6.68. The first kappa shape index (κ1) is 22.5. The summed E-state index contributed by atoms with van der Waals surface area (Å²) < 4.78 is 73.6. The van der Waals surface area contributed by atoms with Gasteiger partial charge in [-0.2, -0.15) is 4.31 Å². The molecule has 0 saturated carbocycles. The molecule has 1 heterocycles. The van der Waals surface area contributed by atoms with Crippen molar-refractivity contribution in [2.75, 3.05) is 18.4 Å². The van der Waals surface area contributed by atoms with E-state index < -0.39 is 25.9 Å². The van der Waals surface area contributed by atoms with Crippen LogP contribution in [0.5, 0.6) is 5.75 Å². The normalized spacial score (nSPS) is 18.2. The van der Waals surface area contributed by atoms with Crippen LogP contribution in [0.25, 0.3) is 0 Å². The maximum Gasteiger partial charge on any atom is 0.262 e. The van der Waals surface area contributed by atoms with E-state index in [4.69, 9.17) is 4.74 Å². The maximum absolute atomic E-state index is 13.9. The molecule has 1 aliphatic rings. The zero-order valence-electron chi connectivity index (χ0n) is 16.8. The van der Waals surface area contributed by atoms with Gasteiger partial charge in [0.1, 0.15) is 0 Å². The van der Waals surface area contributed by atoms with Gasteiger partial charge >= 0.3 is 0 Å². The van der Waals surface area contributed by atoms with E-state index in [0.29, 0.717) is 6.54 Å². The number of piperidine rings is 1. The highest BCUT2D eigenvalue weighted by Crippen LogP contribution is 2.28. The molecule has 1 unspecified atom stereocenters. The van der Waals surface area contributed by atoms with Gasteiger partial charge in [0.25, 0.3) is 10.0 Å². The molecule has 0 spiro atoms. The predicted octanol–water partition coefficient (Wildman–Crippen LogP) is 3.59. The molecule has 164 valence electrons. The first-order valence-corrected chi connectivity index (χ1v) is 12.6. The fourth-order valence-corrected chi connectivity index (χ4v) is 6.39. The number of nitrogens with one attached hydrogen (secondary N) is 1. The number of halogens is 1. The molecule has 1 fully saturated rings. The van der Waals surface area contributed by atoms with Crippen LogP contribution in [0, 0.1) is 5.82 Å². The lowest BCUT2D eigenvalue weighted by Crippen LogP contribution is -2.43. The number of anilines is 1. The van der Waals surface area contributed by atoms with Crippen LogP contribution >= 0.6 is 0 Å². The quantitative estimate of drug-likeness (QED) is 0.687. The van der Waals surface area contributed by atoms with Crippen LogP contribution in [0.15, 0.2) is 52.3 Å². The van der Waals surface area contributed by atoms with Crippen molar-refractivity contribution in [3.63, 3.8) is 0 Å². The van der Waals surface area contributed by atoms with Crippen molar-refractivity contribution in [3.05, 3.63) is 48.3 Å². The van der Waals surface area contributed by atoms with E-state index >= 15 is 0 Å². The molecule has 0 bridgehead atoms. The van der Waals surface area contributed by atoms with Crippen molar-refractivity contribution < 1.29 is 26.0 Å². The fraction of sp³-hybridized carbons (Fsp3) is 0.400. The molecular formula is C20H25FN2O5S2. The number of benzene rings is 2. The third-order valence-corrected chi connectivity index (χ3v) is 8.54. The number of nitrogens with zero attached hydrogens (tertiary/aromatic N) is 1. The summed E-state index contributed by atoms with van der Waals surface area (Å²) in [6, 6.07) is 8.82. The van der Waals surface area contributed by atoms with Crippen LogP contribution in [0.2, 0.25) is 0 Å². The Morgan fingerprint density at radius 1 is 1.07 bits per heavy atom. The predicted molar refractivity (Wildman–Crippen MR) is 112 cm³/mol. The van der Waals surface area contributed by atoms with Crippen LogP contribution in [-0.4, -0.2) is 40.8 Å². The second-order valence-corrected chi connectivity index (χ2v) is 10.7. The van der Waals surface area contributed by atoms with Gasteiger partial charge in [-0.05, 0) is 61.7 Å². The molecule has 7 nitrogen and oxygen atoms in total. The Hall–Kier alpha value is -2.17. The molecule has 1 atom stereocenters. The average Bonchev–Trinajstić information content (AvgIpc) is 2.73. The SMILES string of the molecule is CCC1CCCCN1S(=O)(=O)c1ccc(NS(=O)(=O)c2ccc(OC)c(F)c2)cc1. The number of methoxy groups -OCH3 is 1. The number of rotatable bonds is 7. The Morgan fingerprint density at radius 3 is 2.33 bits per heavy atom. The molecule has 10 heteroatoms. The molecule has 0 aromatic heterocycles. The van der Waals surface area contributed by atoms with Gasteiger partial charge in [-0.25, -0.2) is 21.2 Å². The topological polar surface area (TPSA) is 92.8 Å². The molecule has 1 aliphatic heterocycles. The molecular weight excluding hydrogens is 431 g/mol. The summed E-state index contributed by atoms with van der Waals surface area (Å²) in [7, 11) is -6.42. The summed E-state index contributed by atoms with van der Waals surface area (Å²) in [5.74, 6) is -0.861. The number of sulfonamides is 2. The van der Waals surface area contributed by atoms with E-state index in [-0.39, 0.29) is 27.3 Å².